The lowest BCUT2D eigenvalue weighted by Crippen LogP contribution is -2.15. The van der Waals surface area contributed by atoms with Crippen molar-refractivity contribution in [3.63, 3.8) is 0 Å². The van der Waals surface area contributed by atoms with E-state index in [9.17, 15) is 0 Å². The second-order valence-electron chi connectivity index (χ2n) is 5.01. The van der Waals surface area contributed by atoms with E-state index in [0.29, 0.717) is 0 Å². The molecule has 1 fully saturated rings. The summed E-state index contributed by atoms with van der Waals surface area (Å²) in [6, 6.07) is 9.70. The van der Waals surface area contributed by atoms with Gasteiger partial charge >= 0.3 is 0 Å². The van der Waals surface area contributed by atoms with E-state index >= 15 is 0 Å². The van der Waals surface area contributed by atoms with Gasteiger partial charge in [0.15, 0.2) is 0 Å². The molecular formula is C15H20N2S. The third-order valence-corrected chi connectivity index (χ3v) is 4.19. The van der Waals surface area contributed by atoms with E-state index in [-0.39, 0.29) is 0 Å². The van der Waals surface area contributed by atoms with Crippen LogP contribution < -0.4 is 5.32 Å². The molecule has 1 aliphatic carbocycles. The van der Waals surface area contributed by atoms with Crippen molar-refractivity contribution in [3.8, 4) is 0 Å². The molecule has 96 valence electrons. The van der Waals surface area contributed by atoms with Gasteiger partial charge in [0, 0.05) is 42.0 Å². The van der Waals surface area contributed by atoms with Crippen LogP contribution in [0.25, 0.3) is 10.9 Å². The molecule has 1 heterocycles. The Bertz CT molecular complexity index is 528. The van der Waals surface area contributed by atoms with Crippen molar-refractivity contribution in [1.29, 1.82) is 0 Å². The fraction of sp³-hybridized carbons (Fsp3) is 0.467. The molecule has 2 nitrogen and oxygen atoms in total. The maximum Gasteiger partial charge on any atom is 0.0483 e. The summed E-state index contributed by atoms with van der Waals surface area (Å²) in [5.74, 6) is 1.17. The highest BCUT2D eigenvalue weighted by molar-refractivity contribution is 7.98. The van der Waals surface area contributed by atoms with E-state index in [1.54, 1.807) is 0 Å². The maximum atomic E-state index is 3.60. The maximum absolute atomic E-state index is 3.60. The summed E-state index contributed by atoms with van der Waals surface area (Å²) in [5.41, 5.74) is 2.81. The molecule has 1 N–H and O–H groups in total. The van der Waals surface area contributed by atoms with Crippen molar-refractivity contribution >= 4 is 22.7 Å². The average molecular weight is 260 g/mol. The molecule has 0 aliphatic heterocycles. The fourth-order valence-corrected chi connectivity index (χ4v) is 2.75. The molecule has 0 amide bonds. The summed E-state index contributed by atoms with van der Waals surface area (Å²) in [6.45, 7) is 2.11. The minimum absolute atomic E-state index is 0.777. The van der Waals surface area contributed by atoms with Gasteiger partial charge in [0.1, 0.15) is 0 Å². The number of thioether (sulfide) groups is 1. The molecule has 2 aromatic rings. The topological polar surface area (TPSA) is 17.0 Å². The Hall–Kier alpha value is -0.930. The van der Waals surface area contributed by atoms with Gasteiger partial charge in [-0.3, -0.25) is 0 Å². The van der Waals surface area contributed by atoms with Crippen LogP contribution in [-0.2, 0) is 13.1 Å². The first-order chi connectivity index (χ1) is 8.88. The fourth-order valence-electron chi connectivity index (χ4n) is 2.37. The van der Waals surface area contributed by atoms with Gasteiger partial charge < -0.3 is 9.88 Å². The van der Waals surface area contributed by atoms with Gasteiger partial charge in [-0.25, -0.2) is 0 Å². The number of hydrogen-bond acceptors (Lipinski definition) is 2. The summed E-state index contributed by atoms with van der Waals surface area (Å²) in [4.78, 5) is 0. The molecule has 0 unspecified atom stereocenters. The Morgan fingerprint density at radius 1 is 1.33 bits per heavy atom. The second kappa shape index (κ2) is 5.37. The lowest BCUT2D eigenvalue weighted by molar-refractivity contribution is 0.691. The third kappa shape index (κ3) is 2.57. The van der Waals surface area contributed by atoms with Gasteiger partial charge in [0.25, 0.3) is 0 Å². The monoisotopic (exact) mass is 260 g/mol. The predicted octanol–water partition coefficient (Wildman–Crippen LogP) is 3.26. The normalized spacial score (nSPS) is 15.4. The summed E-state index contributed by atoms with van der Waals surface area (Å²) >= 11 is 1.90. The lowest BCUT2D eigenvalue weighted by Gasteiger charge is -2.07. The van der Waals surface area contributed by atoms with Gasteiger partial charge in [-0.2, -0.15) is 11.8 Å². The van der Waals surface area contributed by atoms with Crippen LogP contribution in [0.2, 0.25) is 0 Å². The Morgan fingerprint density at radius 3 is 3.00 bits per heavy atom. The van der Waals surface area contributed by atoms with Crippen LogP contribution in [0.15, 0.2) is 30.5 Å². The molecule has 1 aliphatic rings. The minimum Gasteiger partial charge on any atom is -0.347 e. The summed E-state index contributed by atoms with van der Waals surface area (Å²) < 4.78 is 2.37. The van der Waals surface area contributed by atoms with E-state index in [2.05, 4.69) is 46.6 Å². The van der Waals surface area contributed by atoms with Crippen LogP contribution >= 0.6 is 11.8 Å². The lowest BCUT2D eigenvalue weighted by atomic mass is 10.1. The molecule has 0 spiro atoms. The van der Waals surface area contributed by atoms with E-state index in [0.717, 1.165) is 19.1 Å². The van der Waals surface area contributed by atoms with E-state index in [1.165, 1.54) is 35.1 Å². The molecule has 18 heavy (non-hydrogen) atoms. The van der Waals surface area contributed by atoms with Crippen molar-refractivity contribution in [2.24, 2.45) is 0 Å². The third-order valence-electron chi connectivity index (χ3n) is 3.60. The number of aromatic nitrogens is 1. The van der Waals surface area contributed by atoms with Gasteiger partial charge in [0.05, 0.1) is 0 Å². The van der Waals surface area contributed by atoms with Crippen molar-refractivity contribution in [3.05, 3.63) is 36.0 Å². The van der Waals surface area contributed by atoms with Crippen molar-refractivity contribution in [1.82, 2.24) is 9.88 Å². The number of rotatable bonds is 6. The summed E-state index contributed by atoms with van der Waals surface area (Å²) in [6.07, 6.45) is 7.09. The first kappa shape index (κ1) is 12.1. The van der Waals surface area contributed by atoms with Gasteiger partial charge in [-0.05, 0) is 36.8 Å². The van der Waals surface area contributed by atoms with Gasteiger partial charge in [0.2, 0.25) is 0 Å². The molecule has 0 radical (unpaired) electrons. The molecule has 1 saturated carbocycles. The molecule has 0 saturated heterocycles. The highest BCUT2D eigenvalue weighted by Crippen LogP contribution is 2.23. The van der Waals surface area contributed by atoms with Crippen LogP contribution in [-0.4, -0.2) is 22.6 Å². The van der Waals surface area contributed by atoms with Gasteiger partial charge in [-0.15, -0.1) is 0 Å². The van der Waals surface area contributed by atoms with Crippen LogP contribution in [0.4, 0.5) is 0 Å². The Kier molecular flexibility index (Phi) is 3.62. The minimum atomic E-state index is 0.777. The standard InChI is InChI=1S/C15H20N2S/c1-18-10-9-17-8-7-14-12(3-2-4-15(14)17)11-16-13-5-6-13/h2-4,7-8,13,16H,5-6,9-11H2,1H3. The predicted molar refractivity (Wildman–Crippen MR) is 80.2 cm³/mol. The average Bonchev–Trinajstić information content (AvgIpc) is 3.13. The van der Waals surface area contributed by atoms with E-state index in [4.69, 9.17) is 0 Å². The quantitative estimate of drug-likeness (QED) is 0.858. The second-order valence-corrected chi connectivity index (χ2v) is 5.99. The van der Waals surface area contributed by atoms with Gasteiger partial charge in [-0.1, -0.05) is 12.1 Å². The molecule has 0 bridgehead atoms. The van der Waals surface area contributed by atoms with Crippen LogP contribution in [0.1, 0.15) is 18.4 Å². The number of hydrogen-bond donors (Lipinski definition) is 1. The number of nitrogens with zero attached hydrogens (tertiary/aromatic N) is 1. The Morgan fingerprint density at radius 2 is 2.22 bits per heavy atom. The summed E-state index contributed by atoms with van der Waals surface area (Å²) in [7, 11) is 0. The molecule has 0 atom stereocenters. The first-order valence-corrected chi connectivity index (χ1v) is 8.07. The highest BCUT2D eigenvalue weighted by Gasteiger charge is 2.20. The zero-order valence-electron chi connectivity index (χ0n) is 10.9. The number of fused-ring (bicyclic) bond motifs is 1. The van der Waals surface area contributed by atoms with Crippen molar-refractivity contribution in [2.75, 3.05) is 12.0 Å². The number of nitrogens with one attached hydrogen (secondary N) is 1. The van der Waals surface area contributed by atoms with Crippen LogP contribution in [0.5, 0.6) is 0 Å². The smallest absolute Gasteiger partial charge is 0.0483 e. The number of aryl methyl sites for hydroxylation is 1. The molecule has 3 rings (SSSR count). The number of benzene rings is 1. The molecular weight excluding hydrogens is 240 g/mol. The Balaban J connectivity index is 1.83. The summed E-state index contributed by atoms with van der Waals surface area (Å²) in [5, 5.41) is 5.01. The van der Waals surface area contributed by atoms with E-state index in [1.807, 2.05) is 11.8 Å². The van der Waals surface area contributed by atoms with Crippen LogP contribution in [0.3, 0.4) is 0 Å². The molecule has 3 heteroatoms. The largest absolute Gasteiger partial charge is 0.347 e. The zero-order chi connectivity index (χ0) is 12.4. The Labute approximate surface area is 113 Å². The zero-order valence-corrected chi connectivity index (χ0v) is 11.7. The van der Waals surface area contributed by atoms with Crippen molar-refractivity contribution < 1.29 is 0 Å². The van der Waals surface area contributed by atoms with E-state index < -0.39 is 0 Å². The van der Waals surface area contributed by atoms with Crippen molar-refractivity contribution in [2.45, 2.75) is 32.0 Å². The highest BCUT2D eigenvalue weighted by atomic mass is 32.2. The first-order valence-electron chi connectivity index (χ1n) is 6.67. The van der Waals surface area contributed by atoms with Crippen LogP contribution in [0, 0.1) is 0 Å². The molecule has 1 aromatic heterocycles. The molecule has 1 aromatic carbocycles. The SMILES string of the molecule is CSCCn1ccc2c(CNC3CC3)cccc21.